The molecule has 0 saturated heterocycles. The summed E-state index contributed by atoms with van der Waals surface area (Å²) >= 11 is 0. The highest BCUT2D eigenvalue weighted by molar-refractivity contribution is 5.20. The standard InChI is InChI=1S/C16H28N4O/c1-4-16(5-2,21-3)14-18-13(19-15(17)20-14)12-10-8-6-7-9-11-12/h12H,4-11H2,1-3H3,(H2,17,18,19,20). The average molecular weight is 292 g/mol. The molecule has 2 N–H and O–H groups in total. The van der Waals surface area contributed by atoms with E-state index in [0.717, 1.165) is 31.5 Å². The Kier molecular flexibility index (Phi) is 5.51. The topological polar surface area (TPSA) is 73.9 Å². The van der Waals surface area contributed by atoms with E-state index in [1.807, 2.05) is 0 Å². The van der Waals surface area contributed by atoms with Gasteiger partial charge in [0.15, 0.2) is 5.82 Å². The zero-order valence-corrected chi connectivity index (χ0v) is 13.6. The van der Waals surface area contributed by atoms with E-state index in [1.165, 1.54) is 25.7 Å². The molecule has 1 heterocycles. The van der Waals surface area contributed by atoms with Crippen LogP contribution >= 0.6 is 0 Å². The predicted molar refractivity (Wildman–Crippen MR) is 84.0 cm³/mol. The van der Waals surface area contributed by atoms with Crippen molar-refractivity contribution in [1.82, 2.24) is 15.0 Å². The van der Waals surface area contributed by atoms with Gasteiger partial charge in [-0.3, -0.25) is 0 Å². The first-order valence-electron chi connectivity index (χ1n) is 8.22. The number of nitrogen functional groups attached to an aromatic ring is 1. The predicted octanol–water partition coefficient (Wildman–Crippen LogP) is 3.55. The minimum Gasteiger partial charge on any atom is -0.370 e. The smallest absolute Gasteiger partial charge is 0.223 e. The number of methoxy groups -OCH3 is 1. The molecule has 1 aromatic heterocycles. The van der Waals surface area contributed by atoms with Crippen molar-refractivity contribution < 1.29 is 4.74 Å². The first-order valence-corrected chi connectivity index (χ1v) is 8.22. The van der Waals surface area contributed by atoms with E-state index in [0.29, 0.717) is 17.7 Å². The van der Waals surface area contributed by atoms with E-state index in [9.17, 15) is 0 Å². The van der Waals surface area contributed by atoms with Gasteiger partial charge in [0.1, 0.15) is 11.4 Å². The first-order chi connectivity index (χ1) is 10.1. The Hall–Kier alpha value is -1.23. The van der Waals surface area contributed by atoms with Gasteiger partial charge in [0.25, 0.3) is 0 Å². The molecule has 1 fully saturated rings. The van der Waals surface area contributed by atoms with Crippen molar-refractivity contribution in [2.45, 2.75) is 76.7 Å². The van der Waals surface area contributed by atoms with Crippen LogP contribution in [0.2, 0.25) is 0 Å². The third kappa shape index (κ3) is 3.51. The Balaban J connectivity index is 2.36. The maximum absolute atomic E-state index is 5.95. The Morgan fingerprint density at radius 2 is 1.67 bits per heavy atom. The number of nitrogens with zero attached hydrogens (tertiary/aromatic N) is 3. The zero-order chi connectivity index (χ0) is 15.3. The highest BCUT2D eigenvalue weighted by Gasteiger charge is 2.33. The minimum atomic E-state index is -0.448. The van der Waals surface area contributed by atoms with Crippen LogP contribution in [0.15, 0.2) is 0 Å². The maximum atomic E-state index is 5.95. The summed E-state index contributed by atoms with van der Waals surface area (Å²) < 4.78 is 5.74. The lowest BCUT2D eigenvalue weighted by molar-refractivity contribution is -0.0294. The molecule has 5 heteroatoms. The van der Waals surface area contributed by atoms with Crippen molar-refractivity contribution >= 4 is 5.95 Å². The molecule has 5 nitrogen and oxygen atoms in total. The molecule has 0 bridgehead atoms. The van der Waals surface area contributed by atoms with E-state index < -0.39 is 5.60 Å². The monoisotopic (exact) mass is 292 g/mol. The molecular weight excluding hydrogens is 264 g/mol. The second kappa shape index (κ2) is 7.16. The Labute approximate surface area is 127 Å². The van der Waals surface area contributed by atoms with Gasteiger partial charge in [-0.05, 0) is 25.7 Å². The van der Waals surface area contributed by atoms with Crippen LogP contribution in [0.5, 0.6) is 0 Å². The molecule has 1 aromatic rings. The van der Waals surface area contributed by atoms with Crippen LogP contribution < -0.4 is 5.73 Å². The summed E-state index contributed by atoms with van der Waals surface area (Å²) in [5, 5.41) is 0. The molecule has 21 heavy (non-hydrogen) atoms. The molecule has 0 aromatic carbocycles. The second-order valence-corrected chi connectivity index (χ2v) is 5.97. The Morgan fingerprint density at radius 3 is 2.19 bits per heavy atom. The SMILES string of the molecule is CCC(CC)(OC)c1nc(N)nc(C2CCCCCC2)n1. The van der Waals surface area contributed by atoms with Crippen LogP contribution in [0.4, 0.5) is 5.95 Å². The number of anilines is 1. The summed E-state index contributed by atoms with van der Waals surface area (Å²) in [7, 11) is 1.72. The molecule has 0 aliphatic heterocycles. The van der Waals surface area contributed by atoms with Crippen molar-refractivity contribution in [3.8, 4) is 0 Å². The van der Waals surface area contributed by atoms with Crippen LogP contribution in [0.1, 0.15) is 82.8 Å². The van der Waals surface area contributed by atoms with E-state index in [-0.39, 0.29) is 0 Å². The molecule has 1 aliphatic carbocycles. The fourth-order valence-electron chi connectivity index (χ4n) is 3.28. The second-order valence-electron chi connectivity index (χ2n) is 5.97. The van der Waals surface area contributed by atoms with Crippen molar-refractivity contribution in [3.63, 3.8) is 0 Å². The lowest BCUT2D eigenvalue weighted by Crippen LogP contribution is -2.31. The van der Waals surface area contributed by atoms with Crippen LogP contribution in [-0.2, 0) is 10.3 Å². The van der Waals surface area contributed by atoms with Gasteiger partial charge >= 0.3 is 0 Å². The van der Waals surface area contributed by atoms with Gasteiger partial charge in [0.2, 0.25) is 5.95 Å². The Morgan fingerprint density at radius 1 is 1.05 bits per heavy atom. The molecule has 1 aliphatic rings. The summed E-state index contributed by atoms with van der Waals surface area (Å²) in [6.07, 6.45) is 9.10. The van der Waals surface area contributed by atoms with Crippen molar-refractivity contribution in [2.24, 2.45) is 0 Å². The van der Waals surface area contributed by atoms with Gasteiger partial charge < -0.3 is 10.5 Å². The van der Waals surface area contributed by atoms with Gasteiger partial charge in [0, 0.05) is 13.0 Å². The highest BCUT2D eigenvalue weighted by atomic mass is 16.5. The number of hydrogen-bond donors (Lipinski definition) is 1. The zero-order valence-electron chi connectivity index (χ0n) is 13.6. The molecule has 0 unspecified atom stereocenters. The van der Waals surface area contributed by atoms with E-state index >= 15 is 0 Å². The highest BCUT2D eigenvalue weighted by Crippen LogP contribution is 2.33. The maximum Gasteiger partial charge on any atom is 0.223 e. The van der Waals surface area contributed by atoms with Gasteiger partial charge in [0.05, 0.1) is 0 Å². The molecule has 2 rings (SSSR count). The molecule has 0 spiro atoms. The third-order valence-corrected chi connectivity index (χ3v) is 4.83. The molecule has 0 radical (unpaired) electrons. The molecule has 1 saturated carbocycles. The van der Waals surface area contributed by atoms with Crippen LogP contribution in [-0.4, -0.2) is 22.1 Å². The number of rotatable bonds is 5. The quantitative estimate of drug-likeness (QED) is 0.840. The largest absolute Gasteiger partial charge is 0.370 e. The number of aromatic nitrogens is 3. The molecular formula is C16H28N4O. The summed E-state index contributed by atoms with van der Waals surface area (Å²) in [4.78, 5) is 13.5. The van der Waals surface area contributed by atoms with Crippen molar-refractivity contribution in [3.05, 3.63) is 11.6 Å². The minimum absolute atomic E-state index is 0.322. The first kappa shape index (κ1) is 16.1. The lowest BCUT2D eigenvalue weighted by atomic mass is 9.95. The Bertz CT molecular complexity index is 443. The summed E-state index contributed by atoms with van der Waals surface area (Å²) in [5.41, 5.74) is 5.50. The normalized spacial score (nSPS) is 17.7. The van der Waals surface area contributed by atoms with E-state index in [2.05, 4.69) is 23.8 Å². The van der Waals surface area contributed by atoms with E-state index in [1.54, 1.807) is 7.11 Å². The molecule has 0 atom stereocenters. The van der Waals surface area contributed by atoms with Gasteiger partial charge in [-0.15, -0.1) is 0 Å². The van der Waals surface area contributed by atoms with Crippen LogP contribution in [0.25, 0.3) is 0 Å². The van der Waals surface area contributed by atoms with Crippen molar-refractivity contribution in [1.29, 1.82) is 0 Å². The van der Waals surface area contributed by atoms with Gasteiger partial charge in [-0.1, -0.05) is 39.5 Å². The van der Waals surface area contributed by atoms with Gasteiger partial charge in [-0.2, -0.15) is 9.97 Å². The average Bonchev–Trinajstić information content (AvgIpc) is 2.78. The summed E-state index contributed by atoms with van der Waals surface area (Å²) in [5.74, 6) is 2.30. The lowest BCUT2D eigenvalue weighted by Gasteiger charge is -2.29. The van der Waals surface area contributed by atoms with Gasteiger partial charge in [-0.25, -0.2) is 4.98 Å². The fourth-order valence-corrected chi connectivity index (χ4v) is 3.28. The van der Waals surface area contributed by atoms with E-state index in [4.69, 9.17) is 15.5 Å². The fraction of sp³-hybridized carbons (Fsp3) is 0.812. The number of ether oxygens (including phenoxy) is 1. The van der Waals surface area contributed by atoms with Crippen molar-refractivity contribution in [2.75, 3.05) is 12.8 Å². The summed E-state index contributed by atoms with van der Waals surface area (Å²) in [6, 6.07) is 0. The molecule has 0 amide bonds. The number of nitrogens with two attached hydrogens (primary N) is 1. The summed E-state index contributed by atoms with van der Waals surface area (Å²) in [6.45, 7) is 4.19. The third-order valence-electron chi connectivity index (χ3n) is 4.83. The number of hydrogen-bond acceptors (Lipinski definition) is 5. The van der Waals surface area contributed by atoms with Crippen LogP contribution in [0.3, 0.4) is 0 Å². The molecule has 118 valence electrons. The van der Waals surface area contributed by atoms with Crippen LogP contribution in [0, 0.1) is 0 Å².